The molecule has 1 aromatic carbocycles. The fraction of sp³-hybridized carbons (Fsp3) is 0.429. The van der Waals surface area contributed by atoms with E-state index in [4.69, 9.17) is 4.74 Å². The van der Waals surface area contributed by atoms with Crippen LogP contribution in [0.5, 0.6) is 0 Å². The van der Waals surface area contributed by atoms with Gasteiger partial charge in [-0.25, -0.2) is 9.59 Å². The number of hydrogen-bond acceptors (Lipinski definition) is 7. The molecule has 2 N–H and O–H groups in total. The van der Waals surface area contributed by atoms with Crippen LogP contribution in [0.2, 0.25) is 0 Å². The van der Waals surface area contributed by atoms with Gasteiger partial charge in [0.25, 0.3) is 0 Å². The van der Waals surface area contributed by atoms with Gasteiger partial charge in [0.15, 0.2) is 5.16 Å². The fourth-order valence-corrected chi connectivity index (χ4v) is 4.60. The largest absolute Gasteiger partial charge is 0.463 e. The minimum absolute atomic E-state index is 0.144. The van der Waals surface area contributed by atoms with Crippen LogP contribution in [0.4, 0.5) is 10.7 Å². The maximum absolute atomic E-state index is 12.3. The second-order valence-corrected chi connectivity index (χ2v) is 8.22. The third kappa shape index (κ3) is 4.84. The number of benzene rings is 1. The zero-order chi connectivity index (χ0) is 21.6. The molecule has 1 aromatic heterocycles. The van der Waals surface area contributed by atoms with E-state index < -0.39 is 5.97 Å². The van der Waals surface area contributed by atoms with Crippen LogP contribution in [-0.4, -0.2) is 58.8 Å². The highest BCUT2D eigenvalue weighted by molar-refractivity contribution is 7.99. The van der Waals surface area contributed by atoms with Crippen molar-refractivity contribution in [1.29, 1.82) is 0 Å². The van der Waals surface area contributed by atoms with E-state index >= 15 is 0 Å². The first-order chi connectivity index (χ1) is 15.2. The third-order valence-electron chi connectivity index (χ3n) is 5.19. The predicted octanol–water partition coefficient (Wildman–Crippen LogP) is 2.48. The Morgan fingerprint density at radius 2 is 1.94 bits per heavy atom. The van der Waals surface area contributed by atoms with Crippen molar-refractivity contribution in [2.24, 2.45) is 0 Å². The molecule has 0 aliphatic carbocycles. The summed E-state index contributed by atoms with van der Waals surface area (Å²) < 4.78 is 7.18. The number of aromatic nitrogens is 3. The van der Waals surface area contributed by atoms with Crippen LogP contribution in [-0.2, 0) is 9.53 Å². The summed E-state index contributed by atoms with van der Waals surface area (Å²) in [6.07, 6.45) is 3.51. The van der Waals surface area contributed by atoms with Gasteiger partial charge in [-0.3, -0.25) is 4.57 Å². The van der Waals surface area contributed by atoms with Crippen LogP contribution in [0.3, 0.4) is 0 Å². The molecular formula is C21H26N6O3S. The van der Waals surface area contributed by atoms with Crippen LogP contribution in [0.25, 0.3) is 5.69 Å². The SMILES string of the molecule is CCOC(=O)C1=C(CSc2nnc(N3CCCCC3)n2-c2ccccc2)NC(=O)NC1. The van der Waals surface area contributed by atoms with Crippen molar-refractivity contribution >= 4 is 29.7 Å². The van der Waals surface area contributed by atoms with Gasteiger partial charge < -0.3 is 20.3 Å². The summed E-state index contributed by atoms with van der Waals surface area (Å²) in [5.74, 6) is 0.762. The van der Waals surface area contributed by atoms with Crippen molar-refractivity contribution in [3.05, 3.63) is 41.6 Å². The van der Waals surface area contributed by atoms with Crippen LogP contribution >= 0.6 is 11.8 Å². The topological polar surface area (TPSA) is 101 Å². The van der Waals surface area contributed by atoms with Crippen LogP contribution < -0.4 is 15.5 Å². The van der Waals surface area contributed by atoms with E-state index in [1.807, 2.05) is 34.9 Å². The van der Waals surface area contributed by atoms with Gasteiger partial charge >= 0.3 is 12.0 Å². The molecular weight excluding hydrogens is 416 g/mol. The Hall–Kier alpha value is -3.01. The van der Waals surface area contributed by atoms with E-state index in [9.17, 15) is 9.59 Å². The quantitative estimate of drug-likeness (QED) is 0.502. The minimum atomic E-state index is -0.427. The van der Waals surface area contributed by atoms with Crippen molar-refractivity contribution in [3.8, 4) is 5.69 Å². The van der Waals surface area contributed by atoms with E-state index in [-0.39, 0.29) is 19.2 Å². The zero-order valence-electron chi connectivity index (χ0n) is 17.5. The molecule has 2 amide bonds. The molecule has 0 unspecified atom stereocenters. The molecule has 10 heteroatoms. The summed E-state index contributed by atoms with van der Waals surface area (Å²) in [7, 11) is 0. The molecule has 2 aliphatic heterocycles. The molecule has 0 saturated carbocycles. The standard InChI is InChI=1S/C21H26N6O3S/c1-2-30-18(28)16-13-22-19(29)23-17(16)14-31-21-25-24-20(26-11-7-4-8-12-26)27(21)15-9-5-3-6-10-15/h3,5-6,9-10H,2,4,7-8,11-14H2,1H3,(H2,22,23,29). The van der Waals surface area contributed by atoms with Crippen LogP contribution in [0.15, 0.2) is 46.8 Å². The molecule has 1 fully saturated rings. The molecule has 31 heavy (non-hydrogen) atoms. The maximum atomic E-state index is 12.3. The normalized spacial score (nSPS) is 16.7. The Bertz CT molecular complexity index is 969. The Labute approximate surface area is 185 Å². The lowest BCUT2D eigenvalue weighted by Crippen LogP contribution is -2.44. The number of hydrogen-bond donors (Lipinski definition) is 2. The van der Waals surface area contributed by atoms with E-state index in [1.165, 1.54) is 18.2 Å². The number of nitrogens with zero attached hydrogens (tertiary/aromatic N) is 4. The van der Waals surface area contributed by atoms with Gasteiger partial charge in [-0.15, -0.1) is 10.2 Å². The van der Waals surface area contributed by atoms with Crippen LogP contribution in [0, 0.1) is 0 Å². The first-order valence-corrected chi connectivity index (χ1v) is 11.5. The van der Waals surface area contributed by atoms with Gasteiger partial charge in [0.1, 0.15) is 0 Å². The molecule has 0 spiro atoms. The lowest BCUT2D eigenvalue weighted by molar-refractivity contribution is -0.138. The molecule has 3 heterocycles. The summed E-state index contributed by atoms with van der Waals surface area (Å²) in [5.41, 5.74) is 1.94. The highest BCUT2D eigenvalue weighted by Crippen LogP contribution is 2.29. The van der Waals surface area contributed by atoms with Crippen molar-refractivity contribution in [2.45, 2.75) is 31.3 Å². The number of thioether (sulfide) groups is 1. The Balaban J connectivity index is 1.62. The second kappa shape index (κ2) is 9.86. The molecule has 2 aromatic rings. The Kier molecular flexibility index (Phi) is 6.76. The maximum Gasteiger partial charge on any atom is 0.337 e. The fourth-order valence-electron chi connectivity index (χ4n) is 3.66. The average Bonchev–Trinajstić information content (AvgIpc) is 3.23. The number of ether oxygens (including phenoxy) is 1. The van der Waals surface area contributed by atoms with Crippen molar-refractivity contribution in [1.82, 2.24) is 25.4 Å². The van der Waals surface area contributed by atoms with Gasteiger partial charge in [0.05, 0.1) is 24.4 Å². The Morgan fingerprint density at radius 1 is 1.16 bits per heavy atom. The summed E-state index contributed by atoms with van der Waals surface area (Å²) in [6, 6.07) is 9.66. The van der Waals surface area contributed by atoms with Crippen molar-refractivity contribution < 1.29 is 14.3 Å². The number of esters is 1. The lowest BCUT2D eigenvalue weighted by Gasteiger charge is -2.28. The Morgan fingerprint density at radius 3 is 2.68 bits per heavy atom. The smallest absolute Gasteiger partial charge is 0.337 e. The number of carbonyl (C=O) groups is 2. The number of anilines is 1. The third-order valence-corrected chi connectivity index (χ3v) is 6.15. The minimum Gasteiger partial charge on any atom is -0.463 e. The number of para-hydroxylation sites is 1. The number of piperidine rings is 1. The number of urea groups is 1. The monoisotopic (exact) mass is 442 g/mol. The molecule has 9 nitrogen and oxygen atoms in total. The highest BCUT2D eigenvalue weighted by Gasteiger charge is 2.26. The van der Waals surface area contributed by atoms with Gasteiger partial charge in [-0.05, 0) is 38.3 Å². The number of rotatable bonds is 7. The lowest BCUT2D eigenvalue weighted by atomic mass is 10.1. The van der Waals surface area contributed by atoms with Crippen molar-refractivity contribution in [2.75, 3.05) is 36.9 Å². The molecule has 0 radical (unpaired) electrons. The van der Waals surface area contributed by atoms with Gasteiger partial charge in [-0.1, -0.05) is 30.0 Å². The highest BCUT2D eigenvalue weighted by atomic mass is 32.2. The molecule has 0 bridgehead atoms. The van der Waals surface area contributed by atoms with E-state index in [0.29, 0.717) is 22.2 Å². The van der Waals surface area contributed by atoms with Gasteiger partial charge in [0.2, 0.25) is 5.95 Å². The molecule has 164 valence electrons. The van der Waals surface area contributed by atoms with Crippen LogP contribution in [0.1, 0.15) is 26.2 Å². The summed E-state index contributed by atoms with van der Waals surface area (Å²) in [5, 5.41) is 15.0. The molecule has 0 atom stereocenters. The first kappa shape index (κ1) is 21.2. The average molecular weight is 443 g/mol. The second-order valence-electron chi connectivity index (χ2n) is 7.28. The summed E-state index contributed by atoms with van der Waals surface area (Å²) in [4.78, 5) is 26.4. The molecule has 1 saturated heterocycles. The summed E-state index contributed by atoms with van der Waals surface area (Å²) in [6.45, 7) is 4.08. The van der Waals surface area contributed by atoms with Gasteiger partial charge in [-0.2, -0.15) is 0 Å². The number of carbonyl (C=O) groups excluding carboxylic acids is 2. The molecule has 4 rings (SSSR count). The van der Waals surface area contributed by atoms with E-state index in [2.05, 4.69) is 25.7 Å². The summed E-state index contributed by atoms with van der Waals surface area (Å²) >= 11 is 1.43. The number of amides is 2. The predicted molar refractivity (Wildman–Crippen MR) is 118 cm³/mol. The first-order valence-electron chi connectivity index (χ1n) is 10.5. The van der Waals surface area contributed by atoms with Gasteiger partial charge in [0, 0.05) is 24.5 Å². The van der Waals surface area contributed by atoms with E-state index in [1.54, 1.807) is 6.92 Å². The van der Waals surface area contributed by atoms with Crippen molar-refractivity contribution in [3.63, 3.8) is 0 Å². The van der Waals surface area contributed by atoms with E-state index in [0.717, 1.165) is 37.6 Å². The zero-order valence-corrected chi connectivity index (χ0v) is 18.3. The number of nitrogens with one attached hydrogen (secondary N) is 2. The molecule has 2 aliphatic rings.